The summed E-state index contributed by atoms with van der Waals surface area (Å²) in [6.07, 6.45) is 9.74. The summed E-state index contributed by atoms with van der Waals surface area (Å²) >= 11 is 0. The van der Waals surface area contributed by atoms with Crippen LogP contribution in [0.15, 0.2) is 0 Å². The van der Waals surface area contributed by atoms with Gasteiger partial charge in [0.25, 0.3) is 0 Å². The van der Waals surface area contributed by atoms with Crippen LogP contribution in [-0.2, 0) is 4.74 Å². The number of rotatable bonds is 7. The van der Waals surface area contributed by atoms with E-state index in [0.29, 0.717) is 18.6 Å². The molecule has 0 radical (unpaired) electrons. The minimum atomic E-state index is -0.531. The van der Waals surface area contributed by atoms with E-state index in [4.69, 9.17) is 4.74 Å². The molecule has 2 N–H and O–H groups in total. The Morgan fingerprint density at radius 2 is 1.76 bits per heavy atom. The van der Waals surface area contributed by atoms with Crippen molar-refractivity contribution in [3.8, 4) is 0 Å². The lowest BCUT2D eigenvalue weighted by Crippen LogP contribution is -2.49. The molecule has 0 aromatic carbocycles. The molecule has 2 saturated carbocycles. The van der Waals surface area contributed by atoms with Crippen LogP contribution in [0.2, 0.25) is 0 Å². The molecule has 0 aromatic rings. The Balaban J connectivity index is 1.51. The van der Waals surface area contributed by atoms with Gasteiger partial charge in [-0.15, -0.1) is 0 Å². The Hall–Kier alpha value is -0.160. The standard InChI is InChI=1S/C17H32N2O2/c1-19(14-17(20)8-10-21-11-9-17)13-16(6-2-3-7-16)12-18-15-4-5-15/h15,18,20H,2-14H2,1H3. The molecule has 3 rings (SSSR count). The zero-order valence-corrected chi connectivity index (χ0v) is 13.6. The summed E-state index contributed by atoms with van der Waals surface area (Å²) in [7, 11) is 2.19. The van der Waals surface area contributed by atoms with Crippen LogP contribution in [0.4, 0.5) is 0 Å². The highest BCUT2D eigenvalue weighted by Crippen LogP contribution is 2.39. The van der Waals surface area contributed by atoms with Gasteiger partial charge in [-0.3, -0.25) is 0 Å². The highest BCUT2D eigenvalue weighted by molar-refractivity contribution is 4.93. The molecule has 4 nitrogen and oxygen atoms in total. The van der Waals surface area contributed by atoms with Crippen LogP contribution in [0, 0.1) is 5.41 Å². The van der Waals surface area contributed by atoms with E-state index in [1.165, 1.54) is 45.1 Å². The molecule has 4 heteroatoms. The number of ether oxygens (including phenoxy) is 1. The van der Waals surface area contributed by atoms with Crippen LogP contribution in [0.1, 0.15) is 51.4 Å². The zero-order chi connectivity index (χ0) is 14.8. The van der Waals surface area contributed by atoms with E-state index < -0.39 is 5.60 Å². The predicted molar refractivity (Wildman–Crippen MR) is 84.4 cm³/mol. The number of hydrogen-bond acceptors (Lipinski definition) is 4. The van der Waals surface area contributed by atoms with E-state index in [2.05, 4.69) is 17.3 Å². The molecule has 0 amide bonds. The van der Waals surface area contributed by atoms with Crippen LogP contribution in [0.3, 0.4) is 0 Å². The molecular weight excluding hydrogens is 264 g/mol. The van der Waals surface area contributed by atoms with Gasteiger partial charge in [0.15, 0.2) is 0 Å². The summed E-state index contributed by atoms with van der Waals surface area (Å²) < 4.78 is 5.38. The molecule has 2 aliphatic carbocycles. The van der Waals surface area contributed by atoms with Gasteiger partial charge in [0.1, 0.15) is 0 Å². The maximum absolute atomic E-state index is 10.7. The molecule has 0 bridgehead atoms. The second kappa shape index (κ2) is 6.53. The second-order valence-corrected chi connectivity index (χ2v) is 7.87. The van der Waals surface area contributed by atoms with Gasteiger partial charge in [0.2, 0.25) is 0 Å². The molecule has 0 aromatic heterocycles. The Morgan fingerprint density at radius 1 is 1.10 bits per heavy atom. The normalized spacial score (nSPS) is 28.1. The monoisotopic (exact) mass is 296 g/mol. The number of aliphatic hydroxyl groups is 1. The van der Waals surface area contributed by atoms with Crippen molar-refractivity contribution in [1.82, 2.24) is 10.2 Å². The fraction of sp³-hybridized carbons (Fsp3) is 1.00. The van der Waals surface area contributed by atoms with E-state index in [1.54, 1.807) is 0 Å². The molecule has 1 heterocycles. The van der Waals surface area contributed by atoms with E-state index in [1.807, 2.05) is 0 Å². The molecule has 1 saturated heterocycles. The van der Waals surface area contributed by atoms with Gasteiger partial charge < -0.3 is 20.1 Å². The molecule has 0 atom stereocenters. The molecule has 0 spiro atoms. The maximum atomic E-state index is 10.7. The lowest BCUT2D eigenvalue weighted by Gasteiger charge is -2.39. The van der Waals surface area contributed by atoms with Gasteiger partial charge in [-0.05, 0) is 38.1 Å². The van der Waals surface area contributed by atoms with Crippen molar-refractivity contribution in [2.45, 2.75) is 63.0 Å². The summed E-state index contributed by atoms with van der Waals surface area (Å²) in [5.41, 5.74) is -0.0877. The van der Waals surface area contributed by atoms with Gasteiger partial charge in [-0.1, -0.05) is 12.8 Å². The zero-order valence-electron chi connectivity index (χ0n) is 13.6. The number of nitrogens with zero attached hydrogens (tertiary/aromatic N) is 1. The van der Waals surface area contributed by atoms with Crippen LogP contribution in [-0.4, -0.2) is 61.5 Å². The lowest BCUT2D eigenvalue weighted by molar-refractivity contribution is -0.0802. The average molecular weight is 296 g/mol. The smallest absolute Gasteiger partial charge is 0.0817 e. The fourth-order valence-corrected chi connectivity index (χ4v) is 4.20. The summed E-state index contributed by atoms with van der Waals surface area (Å²) in [6, 6.07) is 0.799. The van der Waals surface area contributed by atoms with Crippen LogP contribution >= 0.6 is 0 Å². The highest BCUT2D eigenvalue weighted by atomic mass is 16.5. The third-order valence-electron chi connectivity index (χ3n) is 5.60. The van der Waals surface area contributed by atoms with Crippen LogP contribution in [0.25, 0.3) is 0 Å². The van der Waals surface area contributed by atoms with Crippen molar-refractivity contribution in [3.63, 3.8) is 0 Å². The first kappa shape index (κ1) is 15.7. The van der Waals surface area contributed by atoms with Crippen molar-refractivity contribution in [2.24, 2.45) is 5.41 Å². The molecule has 0 unspecified atom stereocenters. The summed E-state index contributed by atoms with van der Waals surface area (Å²) in [5, 5.41) is 14.4. The third kappa shape index (κ3) is 4.41. The van der Waals surface area contributed by atoms with Gasteiger partial charge >= 0.3 is 0 Å². The van der Waals surface area contributed by atoms with E-state index >= 15 is 0 Å². The Kier molecular flexibility index (Phi) is 4.89. The Labute approximate surface area is 129 Å². The number of hydrogen-bond donors (Lipinski definition) is 2. The van der Waals surface area contributed by atoms with Crippen molar-refractivity contribution in [1.29, 1.82) is 0 Å². The first-order chi connectivity index (χ1) is 10.1. The van der Waals surface area contributed by atoms with Gasteiger partial charge in [0, 0.05) is 51.7 Å². The van der Waals surface area contributed by atoms with Gasteiger partial charge in [0.05, 0.1) is 5.60 Å². The van der Waals surface area contributed by atoms with Gasteiger partial charge in [-0.25, -0.2) is 0 Å². The quantitative estimate of drug-likeness (QED) is 0.751. The minimum Gasteiger partial charge on any atom is -0.388 e. The van der Waals surface area contributed by atoms with Crippen LogP contribution in [0.5, 0.6) is 0 Å². The third-order valence-corrected chi connectivity index (χ3v) is 5.60. The fourth-order valence-electron chi connectivity index (χ4n) is 4.20. The first-order valence-electron chi connectivity index (χ1n) is 8.81. The van der Waals surface area contributed by atoms with Crippen molar-refractivity contribution < 1.29 is 9.84 Å². The number of nitrogens with one attached hydrogen (secondary N) is 1. The molecule has 122 valence electrons. The molecule has 3 aliphatic rings. The topological polar surface area (TPSA) is 44.7 Å². The predicted octanol–water partition coefficient (Wildman–Crippen LogP) is 1.77. The Morgan fingerprint density at radius 3 is 2.38 bits per heavy atom. The first-order valence-corrected chi connectivity index (χ1v) is 8.81. The van der Waals surface area contributed by atoms with Crippen molar-refractivity contribution in [3.05, 3.63) is 0 Å². The SMILES string of the molecule is CN(CC1(O)CCOCC1)CC1(CNC2CC2)CCCC1. The maximum Gasteiger partial charge on any atom is 0.0817 e. The summed E-state index contributed by atoms with van der Waals surface area (Å²) in [4.78, 5) is 2.38. The van der Waals surface area contributed by atoms with Gasteiger partial charge in [-0.2, -0.15) is 0 Å². The minimum absolute atomic E-state index is 0.443. The molecule has 3 fully saturated rings. The van der Waals surface area contributed by atoms with E-state index in [-0.39, 0.29) is 0 Å². The highest BCUT2D eigenvalue weighted by Gasteiger charge is 2.38. The Bertz CT molecular complexity index is 332. The molecular formula is C17H32N2O2. The summed E-state index contributed by atoms with van der Waals surface area (Å²) in [5.74, 6) is 0. The van der Waals surface area contributed by atoms with Crippen molar-refractivity contribution in [2.75, 3.05) is 39.9 Å². The van der Waals surface area contributed by atoms with Crippen molar-refractivity contribution >= 4 is 0 Å². The largest absolute Gasteiger partial charge is 0.388 e. The second-order valence-electron chi connectivity index (χ2n) is 7.87. The molecule has 1 aliphatic heterocycles. The van der Waals surface area contributed by atoms with E-state index in [9.17, 15) is 5.11 Å². The van der Waals surface area contributed by atoms with Crippen LogP contribution < -0.4 is 5.32 Å². The summed E-state index contributed by atoms with van der Waals surface area (Å²) in [6.45, 7) is 4.50. The molecule has 21 heavy (non-hydrogen) atoms. The lowest BCUT2D eigenvalue weighted by atomic mass is 9.84. The average Bonchev–Trinajstić information content (AvgIpc) is 3.17. The van der Waals surface area contributed by atoms with E-state index in [0.717, 1.165) is 32.0 Å². The number of likely N-dealkylation sites (N-methyl/N-ethyl adjacent to an activating group) is 1.